The standard InChI is InChI=1S/C52H33GeN3S/c1-4-17-34(18-5-1)52-54-50(49-41-27-10-13-28-44(41)53(51(49)55-52,36-20-6-2-7-21-36)37-22-8-3-9-23-37)35-19-16-24-38(31-35)56-45-29-14-11-25-39(45)42-32-43-40-26-12-15-30-47(40)57-48(43)33-46(42)56/h1-33H. The van der Waals surface area contributed by atoms with Crippen molar-refractivity contribution in [1.82, 2.24) is 14.5 Å². The quantitative estimate of drug-likeness (QED) is 0.162. The summed E-state index contributed by atoms with van der Waals surface area (Å²) in [7, 11) is 0. The van der Waals surface area contributed by atoms with Crippen molar-refractivity contribution in [2.75, 3.05) is 0 Å². The van der Waals surface area contributed by atoms with Gasteiger partial charge in [0.2, 0.25) is 0 Å². The number of benzene rings is 8. The van der Waals surface area contributed by atoms with Crippen LogP contribution in [0.25, 0.3) is 81.4 Å². The molecule has 0 spiro atoms. The summed E-state index contributed by atoms with van der Waals surface area (Å²) in [6.45, 7) is 0. The Labute approximate surface area is 336 Å². The van der Waals surface area contributed by atoms with Crippen molar-refractivity contribution in [3.8, 4) is 39.5 Å². The maximum absolute atomic E-state index is 5.70. The first-order valence-electron chi connectivity index (χ1n) is 19.4. The molecule has 1 aliphatic rings. The van der Waals surface area contributed by atoms with Crippen molar-refractivity contribution < 1.29 is 0 Å². The first kappa shape index (κ1) is 32.6. The molecule has 0 N–H and O–H groups in total. The number of nitrogens with zero attached hydrogens (tertiary/aromatic N) is 3. The molecule has 0 radical (unpaired) electrons. The van der Waals surface area contributed by atoms with Crippen LogP contribution in [0.3, 0.4) is 0 Å². The topological polar surface area (TPSA) is 30.7 Å². The van der Waals surface area contributed by atoms with Gasteiger partial charge in [-0.15, -0.1) is 0 Å². The second-order valence-electron chi connectivity index (χ2n) is 14.9. The van der Waals surface area contributed by atoms with E-state index in [1.54, 1.807) is 0 Å². The van der Waals surface area contributed by atoms with Gasteiger partial charge in [-0.3, -0.25) is 0 Å². The summed E-state index contributed by atoms with van der Waals surface area (Å²) < 4.78 is 10.4. The molecule has 0 bridgehead atoms. The van der Waals surface area contributed by atoms with E-state index in [1.165, 1.54) is 65.3 Å². The van der Waals surface area contributed by atoms with Crippen LogP contribution >= 0.6 is 11.3 Å². The van der Waals surface area contributed by atoms with E-state index in [0.717, 1.165) is 33.9 Å². The second-order valence-corrected chi connectivity index (χ2v) is 23.7. The monoisotopic (exact) mass is 805 g/mol. The summed E-state index contributed by atoms with van der Waals surface area (Å²) in [6.07, 6.45) is 0. The third-order valence-corrected chi connectivity index (χ3v) is 22.9. The van der Waals surface area contributed by atoms with Gasteiger partial charge in [0, 0.05) is 0 Å². The number of rotatable bonds is 5. The first-order valence-corrected chi connectivity index (χ1v) is 24.4. The van der Waals surface area contributed by atoms with Gasteiger partial charge in [0.15, 0.2) is 0 Å². The summed E-state index contributed by atoms with van der Waals surface area (Å²) in [5.74, 6) is 0.758. The van der Waals surface area contributed by atoms with Gasteiger partial charge in [0.05, 0.1) is 0 Å². The molecule has 0 aliphatic carbocycles. The van der Waals surface area contributed by atoms with E-state index in [2.05, 4.69) is 205 Å². The van der Waals surface area contributed by atoms with Crippen LogP contribution < -0.4 is 17.7 Å². The predicted octanol–water partition coefficient (Wildman–Crippen LogP) is 10.6. The Bertz CT molecular complexity index is 3310. The molecule has 3 nitrogen and oxygen atoms in total. The van der Waals surface area contributed by atoms with Crippen LogP contribution in [0.1, 0.15) is 0 Å². The van der Waals surface area contributed by atoms with Crippen LogP contribution in [-0.4, -0.2) is 27.8 Å². The number of para-hydroxylation sites is 1. The average molecular weight is 805 g/mol. The van der Waals surface area contributed by atoms with Crippen LogP contribution in [0.2, 0.25) is 0 Å². The summed E-state index contributed by atoms with van der Waals surface area (Å²) in [5.41, 5.74) is 8.97. The van der Waals surface area contributed by atoms with Crippen LogP contribution in [0.15, 0.2) is 200 Å². The molecule has 8 aromatic carbocycles. The fraction of sp³-hybridized carbons (Fsp3) is 0. The summed E-state index contributed by atoms with van der Waals surface area (Å²) in [6, 6.07) is 73.3. The third-order valence-electron chi connectivity index (χ3n) is 11.9. The summed E-state index contributed by atoms with van der Waals surface area (Å²) in [4.78, 5) is 11.3. The van der Waals surface area contributed by atoms with Gasteiger partial charge in [0.1, 0.15) is 0 Å². The SMILES string of the molecule is c1ccc(-c2nc(-c3cccc(-n4c5ccccc5c5cc6c(cc54)sc4ccccc46)c3)c3[c](n2)[Ge]([c]2ccccc2)([c]2ccccc2)[c]2ccccc2-3)cc1. The molecule has 0 amide bonds. The van der Waals surface area contributed by atoms with E-state index in [9.17, 15) is 0 Å². The van der Waals surface area contributed by atoms with Crippen molar-refractivity contribution >= 4 is 84.3 Å². The molecule has 12 rings (SSSR count). The Morgan fingerprint density at radius 3 is 1.88 bits per heavy atom. The number of thiophene rings is 1. The fourth-order valence-corrected chi connectivity index (χ4v) is 21.1. The normalized spacial score (nSPS) is 13.1. The molecule has 0 saturated carbocycles. The Balaban J connectivity index is 1.16. The van der Waals surface area contributed by atoms with Crippen molar-refractivity contribution in [3.05, 3.63) is 200 Å². The zero-order chi connectivity index (χ0) is 37.5. The van der Waals surface area contributed by atoms with E-state index in [-0.39, 0.29) is 0 Å². The van der Waals surface area contributed by atoms with Gasteiger partial charge in [-0.25, -0.2) is 0 Å². The Kier molecular flexibility index (Phi) is 7.28. The maximum atomic E-state index is 5.70. The van der Waals surface area contributed by atoms with Crippen molar-refractivity contribution in [3.63, 3.8) is 0 Å². The molecule has 3 aromatic heterocycles. The number of hydrogen-bond acceptors (Lipinski definition) is 3. The summed E-state index contributed by atoms with van der Waals surface area (Å²) in [5, 5.41) is 5.15. The van der Waals surface area contributed by atoms with Crippen LogP contribution in [0.5, 0.6) is 0 Å². The fourth-order valence-electron chi connectivity index (χ4n) is 9.45. The Morgan fingerprint density at radius 2 is 1.09 bits per heavy atom. The first-order chi connectivity index (χ1) is 28.3. The zero-order valence-electron chi connectivity index (χ0n) is 30.8. The van der Waals surface area contributed by atoms with E-state index < -0.39 is 13.3 Å². The van der Waals surface area contributed by atoms with Crippen molar-refractivity contribution in [2.24, 2.45) is 0 Å². The van der Waals surface area contributed by atoms with Gasteiger partial charge >= 0.3 is 314 Å². The van der Waals surface area contributed by atoms with Crippen LogP contribution in [0.4, 0.5) is 0 Å². The predicted molar refractivity (Wildman–Crippen MR) is 243 cm³/mol. The van der Waals surface area contributed by atoms with Gasteiger partial charge in [-0.1, -0.05) is 18.2 Å². The number of hydrogen-bond donors (Lipinski definition) is 0. The van der Waals surface area contributed by atoms with Crippen LogP contribution in [0, 0.1) is 0 Å². The molecule has 0 atom stereocenters. The molecule has 1 aliphatic heterocycles. The molecule has 0 saturated heterocycles. The Hall–Kier alpha value is -6.60. The van der Waals surface area contributed by atoms with Gasteiger partial charge < -0.3 is 0 Å². The number of aromatic nitrogens is 3. The minimum atomic E-state index is -3.67. The molecular weight excluding hydrogens is 771 g/mol. The van der Waals surface area contributed by atoms with Crippen molar-refractivity contribution in [2.45, 2.75) is 0 Å². The summed E-state index contributed by atoms with van der Waals surface area (Å²) >= 11 is -1.80. The van der Waals surface area contributed by atoms with E-state index in [4.69, 9.17) is 9.97 Å². The minimum absolute atomic E-state index is 0.758. The van der Waals surface area contributed by atoms with Gasteiger partial charge in [0.25, 0.3) is 0 Å². The van der Waals surface area contributed by atoms with Crippen molar-refractivity contribution in [1.29, 1.82) is 0 Å². The molecule has 4 heterocycles. The molecule has 5 heteroatoms. The van der Waals surface area contributed by atoms with E-state index in [0.29, 0.717) is 0 Å². The molecule has 266 valence electrons. The third kappa shape index (κ3) is 4.78. The molecule has 57 heavy (non-hydrogen) atoms. The van der Waals surface area contributed by atoms with E-state index >= 15 is 0 Å². The molecule has 11 aromatic rings. The molecule has 0 unspecified atom stereocenters. The van der Waals surface area contributed by atoms with Crippen LogP contribution in [-0.2, 0) is 0 Å². The van der Waals surface area contributed by atoms with Gasteiger partial charge in [-0.2, -0.15) is 0 Å². The zero-order valence-corrected chi connectivity index (χ0v) is 33.7. The molecule has 0 fully saturated rings. The number of fused-ring (bicyclic) bond motifs is 9. The van der Waals surface area contributed by atoms with Gasteiger partial charge in [-0.05, 0) is 6.07 Å². The Morgan fingerprint density at radius 1 is 0.439 bits per heavy atom. The molecular formula is C52H33GeN3S. The van der Waals surface area contributed by atoms with E-state index in [1.807, 2.05) is 11.3 Å². The second kappa shape index (κ2) is 12.7. The average Bonchev–Trinajstić information content (AvgIpc) is 3.92.